The van der Waals surface area contributed by atoms with Crippen LogP contribution in [-0.4, -0.2) is 45.1 Å². The predicted octanol–water partition coefficient (Wildman–Crippen LogP) is 2.93. The molecule has 6 heteroatoms. The van der Waals surface area contributed by atoms with Crippen molar-refractivity contribution in [3.8, 4) is 16.9 Å². The number of likely N-dealkylation sites (N-methyl/N-ethyl adjacent to an activating group) is 2. The fraction of sp³-hybridized carbons (Fsp3) is 0.278. The van der Waals surface area contributed by atoms with E-state index in [-0.39, 0.29) is 11.1 Å². The molecule has 4 nitrogen and oxygen atoms in total. The van der Waals surface area contributed by atoms with Gasteiger partial charge in [-0.2, -0.15) is 0 Å². The summed E-state index contributed by atoms with van der Waals surface area (Å²) in [5, 5.41) is 2.93. The summed E-state index contributed by atoms with van der Waals surface area (Å²) in [6, 6.07) is 8.44. The summed E-state index contributed by atoms with van der Waals surface area (Å²) in [6.45, 7) is 1.07. The molecule has 0 aliphatic rings. The molecule has 2 rings (SSSR count). The van der Waals surface area contributed by atoms with Crippen LogP contribution in [-0.2, 0) is 0 Å². The third-order valence-electron chi connectivity index (χ3n) is 3.73. The summed E-state index contributed by atoms with van der Waals surface area (Å²) in [5.74, 6) is -1.22. The van der Waals surface area contributed by atoms with E-state index in [2.05, 4.69) is 5.32 Å². The van der Waals surface area contributed by atoms with Crippen LogP contribution in [0.1, 0.15) is 10.4 Å². The van der Waals surface area contributed by atoms with Crippen LogP contribution >= 0.6 is 0 Å². The van der Waals surface area contributed by atoms with Crippen LogP contribution in [0.2, 0.25) is 0 Å². The van der Waals surface area contributed by atoms with Gasteiger partial charge in [0.05, 0.1) is 12.7 Å². The summed E-state index contributed by atoms with van der Waals surface area (Å²) in [5.41, 5.74) is 0.575. The largest absolute Gasteiger partial charge is 0.497 e. The van der Waals surface area contributed by atoms with Gasteiger partial charge >= 0.3 is 0 Å². The molecule has 1 amide bonds. The molecule has 2 aromatic rings. The molecule has 0 saturated carbocycles. The minimum atomic E-state index is -0.677. The number of rotatable bonds is 6. The van der Waals surface area contributed by atoms with Gasteiger partial charge in [-0.15, -0.1) is 0 Å². The first-order valence-corrected chi connectivity index (χ1v) is 7.51. The first-order valence-electron chi connectivity index (χ1n) is 7.51. The van der Waals surface area contributed by atoms with Crippen molar-refractivity contribution in [1.82, 2.24) is 10.2 Å². The van der Waals surface area contributed by atoms with Gasteiger partial charge in [-0.3, -0.25) is 4.79 Å². The first kappa shape index (κ1) is 17.9. The zero-order chi connectivity index (χ0) is 17.7. The van der Waals surface area contributed by atoms with Crippen LogP contribution in [0.25, 0.3) is 11.1 Å². The van der Waals surface area contributed by atoms with E-state index < -0.39 is 17.5 Å². The van der Waals surface area contributed by atoms with Gasteiger partial charge in [0.25, 0.3) is 5.91 Å². The van der Waals surface area contributed by atoms with Crippen LogP contribution in [0.4, 0.5) is 8.78 Å². The molecule has 0 radical (unpaired) electrons. The molecule has 0 aliphatic carbocycles. The molecular weight excluding hydrogens is 314 g/mol. The lowest BCUT2D eigenvalue weighted by Crippen LogP contribution is -2.33. The third kappa shape index (κ3) is 3.89. The maximum absolute atomic E-state index is 14.3. The molecule has 0 saturated heterocycles. The SMILES string of the molecule is CNCCN(C)C(=O)c1ccc(-c2ccc(OC)cc2F)cc1F. The number of nitrogens with one attached hydrogen (secondary N) is 1. The number of nitrogens with zero attached hydrogens (tertiary/aromatic N) is 1. The number of hydrogen-bond acceptors (Lipinski definition) is 3. The van der Waals surface area contributed by atoms with Gasteiger partial charge in [-0.05, 0) is 36.9 Å². The van der Waals surface area contributed by atoms with E-state index in [9.17, 15) is 13.6 Å². The Morgan fingerprint density at radius 1 is 1.17 bits per heavy atom. The van der Waals surface area contributed by atoms with E-state index in [4.69, 9.17) is 4.74 Å². The van der Waals surface area contributed by atoms with Gasteiger partial charge in [0, 0.05) is 31.8 Å². The Bertz CT molecular complexity index is 735. The van der Waals surface area contributed by atoms with E-state index in [1.54, 1.807) is 20.2 Å². The van der Waals surface area contributed by atoms with Crippen LogP contribution in [0.5, 0.6) is 5.75 Å². The van der Waals surface area contributed by atoms with Gasteiger partial charge < -0.3 is 15.0 Å². The zero-order valence-electron chi connectivity index (χ0n) is 13.9. The molecule has 2 aromatic carbocycles. The van der Waals surface area contributed by atoms with Gasteiger partial charge in [0.15, 0.2) is 0 Å². The van der Waals surface area contributed by atoms with E-state index >= 15 is 0 Å². The molecule has 0 unspecified atom stereocenters. The Hall–Kier alpha value is -2.47. The summed E-state index contributed by atoms with van der Waals surface area (Å²) in [4.78, 5) is 13.7. The van der Waals surface area contributed by atoms with Gasteiger partial charge in [0.1, 0.15) is 17.4 Å². The standard InChI is InChI=1S/C18H20F2N2O2/c1-21-8-9-22(2)18(23)15-6-4-12(10-16(15)19)14-7-5-13(24-3)11-17(14)20/h4-7,10-11,21H,8-9H2,1-3H3. The Kier molecular flexibility index (Phi) is 5.87. The molecule has 24 heavy (non-hydrogen) atoms. The number of carbonyl (C=O) groups is 1. The van der Waals surface area contributed by atoms with Crippen LogP contribution < -0.4 is 10.1 Å². The number of benzene rings is 2. The maximum Gasteiger partial charge on any atom is 0.256 e. The van der Waals surface area contributed by atoms with Crippen molar-refractivity contribution in [2.24, 2.45) is 0 Å². The number of ether oxygens (including phenoxy) is 1. The topological polar surface area (TPSA) is 41.6 Å². The van der Waals surface area contributed by atoms with Crippen molar-refractivity contribution in [2.45, 2.75) is 0 Å². The number of amides is 1. The summed E-state index contributed by atoms with van der Waals surface area (Å²) >= 11 is 0. The second-order valence-electron chi connectivity index (χ2n) is 5.37. The van der Waals surface area contributed by atoms with E-state index in [0.29, 0.717) is 24.4 Å². The fourth-order valence-corrected chi connectivity index (χ4v) is 2.30. The number of halogens is 2. The van der Waals surface area contributed by atoms with Gasteiger partial charge in [-0.1, -0.05) is 6.07 Å². The molecule has 0 heterocycles. The molecule has 0 spiro atoms. The lowest BCUT2D eigenvalue weighted by molar-refractivity contribution is 0.0792. The molecule has 1 N–H and O–H groups in total. The molecule has 0 aliphatic heterocycles. The van der Waals surface area contributed by atoms with Crippen LogP contribution in [0.15, 0.2) is 36.4 Å². The van der Waals surface area contributed by atoms with Gasteiger partial charge in [0.2, 0.25) is 0 Å². The minimum absolute atomic E-state index is 0.0359. The highest BCUT2D eigenvalue weighted by atomic mass is 19.1. The van der Waals surface area contributed by atoms with Crippen molar-refractivity contribution >= 4 is 5.91 Å². The predicted molar refractivity (Wildman–Crippen MR) is 89.2 cm³/mol. The highest BCUT2D eigenvalue weighted by molar-refractivity contribution is 5.94. The van der Waals surface area contributed by atoms with E-state index in [0.717, 1.165) is 0 Å². The van der Waals surface area contributed by atoms with E-state index in [1.165, 1.54) is 42.3 Å². The second-order valence-corrected chi connectivity index (χ2v) is 5.37. The van der Waals surface area contributed by atoms with E-state index in [1.807, 2.05) is 0 Å². The van der Waals surface area contributed by atoms with Crippen molar-refractivity contribution in [1.29, 1.82) is 0 Å². The lowest BCUT2D eigenvalue weighted by Gasteiger charge is -2.17. The highest BCUT2D eigenvalue weighted by Gasteiger charge is 2.17. The molecule has 0 bridgehead atoms. The smallest absolute Gasteiger partial charge is 0.256 e. The number of hydrogen-bond donors (Lipinski definition) is 1. The maximum atomic E-state index is 14.3. The average molecular weight is 334 g/mol. The van der Waals surface area contributed by atoms with Crippen molar-refractivity contribution < 1.29 is 18.3 Å². The molecular formula is C18H20F2N2O2. The second kappa shape index (κ2) is 7.88. The van der Waals surface area contributed by atoms with Crippen molar-refractivity contribution in [3.63, 3.8) is 0 Å². The Morgan fingerprint density at radius 3 is 2.50 bits per heavy atom. The molecule has 0 atom stereocenters. The quantitative estimate of drug-likeness (QED) is 0.883. The van der Waals surface area contributed by atoms with Crippen LogP contribution in [0.3, 0.4) is 0 Å². The minimum Gasteiger partial charge on any atom is -0.497 e. The van der Waals surface area contributed by atoms with Crippen molar-refractivity contribution in [3.05, 3.63) is 53.6 Å². The summed E-state index contributed by atoms with van der Waals surface area (Å²) < 4.78 is 33.4. The number of methoxy groups -OCH3 is 1. The summed E-state index contributed by atoms with van der Waals surface area (Å²) in [7, 11) is 4.83. The lowest BCUT2D eigenvalue weighted by atomic mass is 10.0. The Morgan fingerprint density at radius 2 is 1.92 bits per heavy atom. The third-order valence-corrected chi connectivity index (χ3v) is 3.73. The monoisotopic (exact) mass is 334 g/mol. The fourth-order valence-electron chi connectivity index (χ4n) is 2.30. The average Bonchev–Trinajstić information content (AvgIpc) is 2.58. The molecule has 0 aromatic heterocycles. The number of carbonyl (C=O) groups excluding carboxylic acids is 1. The molecule has 0 fully saturated rings. The summed E-state index contributed by atoms with van der Waals surface area (Å²) in [6.07, 6.45) is 0. The van der Waals surface area contributed by atoms with Gasteiger partial charge in [-0.25, -0.2) is 8.78 Å². The van der Waals surface area contributed by atoms with Crippen LogP contribution in [0, 0.1) is 11.6 Å². The van der Waals surface area contributed by atoms with Crippen molar-refractivity contribution in [2.75, 3.05) is 34.3 Å². The molecule has 128 valence electrons. The first-order chi connectivity index (χ1) is 11.5. The zero-order valence-corrected chi connectivity index (χ0v) is 13.9. The highest BCUT2D eigenvalue weighted by Crippen LogP contribution is 2.27. The Labute approximate surface area is 140 Å². The Balaban J connectivity index is 2.28. The normalized spacial score (nSPS) is 10.5.